The van der Waals surface area contributed by atoms with Crippen LogP contribution in [-0.2, 0) is 20.7 Å². The molecule has 0 bridgehead atoms. The molecule has 8 nitrogen and oxygen atoms in total. The number of ether oxygens (including phenoxy) is 2. The fourth-order valence-corrected chi connectivity index (χ4v) is 2.11. The minimum absolute atomic E-state index is 0.0387. The Morgan fingerprint density at radius 1 is 1.32 bits per heavy atom. The minimum Gasteiger partial charge on any atom is -0.376 e. The molecule has 1 aromatic rings. The van der Waals surface area contributed by atoms with Crippen LogP contribution in [0.1, 0.15) is 17.8 Å². The molecule has 104 valence electrons. The van der Waals surface area contributed by atoms with Gasteiger partial charge >= 0.3 is 0 Å². The number of rotatable bonds is 3. The van der Waals surface area contributed by atoms with Crippen LogP contribution in [0.15, 0.2) is 4.52 Å². The lowest BCUT2D eigenvalue weighted by Gasteiger charge is -2.22. The highest BCUT2D eigenvalue weighted by Crippen LogP contribution is 2.18. The number of nitrogens with one attached hydrogen (secondary N) is 2. The molecule has 8 heteroatoms. The topological polar surface area (TPSA) is 98.5 Å². The lowest BCUT2D eigenvalue weighted by atomic mass is 10.1. The fraction of sp³-hybridized carbons (Fsp3) is 0.727. The van der Waals surface area contributed by atoms with E-state index in [0.29, 0.717) is 44.5 Å². The Bertz CT molecular complexity index is 444. The molecule has 3 rings (SSSR count). The summed E-state index contributed by atoms with van der Waals surface area (Å²) in [7, 11) is 0. The number of carbonyl (C=O) groups is 1. The van der Waals surface area contributed by atoms with Crippen LogP contribution >= 0.6 is 0 Å². The number of nitrogens with zero attached hydrogens (tertiary/aromatic N) is 2. The van der Waals surface area contributed by atoms with Gasteiger partial charge in [-0.15, -0.1) is 0 Å². The predicted molar refractivity (Wildman–Crippen MR) is 62.3 cm³/mol. The van der Waals surface area contributed by atoms with Gasteiger partial charge in [-0.25, -0.2) is 0 Å². The molecule has 1 aromatic heterocycles. The Morgan fingerprint density at radius 2 is 2.26 bits per heavy atom. The van der Waals surface area contributed by atoms with E-state index in [2.05, 4.69) is 20.8 Å². The number of hydrogen-bond acceptors (Lipinski definition) is 7. The average molecular weight is 268 g/mol. The monoisotopic (exact) mass is 268 g/mol. The molecule has 0 saturated carbocycles. The van der Waals surface area contributed by atoms with Crippen molar-refractivity contribution in [2.75, 3.05) is 32.9 Å². The van der Waals surface area contributed by atoms with Crippen LogP contribution in [0.5, 0.6) is 0 Å². The first kappa shape index (κ1) is 12.5. The summed E-state index contributed by atoms with van der Waals surface area (Å²) in [5.74, 6) is 0.868. The molecule has 2 N–H and O–H groups in total. The molecule has 3 heterocycles. The van der Waals surface area contributed by atoms with Gasteiger partial charge in [0.1, 0.15) is 6.10 Å². The van der Waals surface area contributed by atoms with Crippen LogP contribution in [0.2, 0.25) is 0 Å². The standard InChI is InChI=1S/C11H16N4O4/c16-11-7(12-1-2-13-11)5-9-14-10(15-19-9)8-6-17-3-4-18-8/h7-8,12H,1-6H2,(H,13,16). The molecule has 2 aliphatic heterocycles. The van der Waals surface area contributed by atoms with E-state index in [0.717, 1.165) is 6.54 Å². The Labute approximate surface area is 109 Å². The average Bonchev–Trinajstić information content (AvgIpc) is 2.91. The normalized spacial score (nSPS) is 28.1. The molecule has 0 radical (unpaired) electrons. The van der Waals surface area contributed by atoms with Gasteiger partial charge in [0.15, 0.2) is 0 Å². The lowest BCUT2D eigenvalue weighted by molar-refractivity contribution is -0.124. The van der Waals surface area contributed by atoms with Crippen LogP contribution in [0.25, 0.3) is 0 Å². The Hall–Kier alpha value is -1.51. The quantitative estimate of drug-likeness (QED) is 0.709. The molecule has 2 saturated heterocycles. The largest absolute Gasteiger partial charge is 0.376 e. The van der Waals surface area contributed by atoms with Gasteiger partial charge in [0, 0.05) is 13.1 Å². The van der Waals surface area contributed by atoms with E-state index in [4.69, 9.17) is 14.0 Å². The van der Waals surface area contributed by atoms with E-state index < -0.39 is 0 Å². The molecule has 0 spiro atoms. The molecule has 2 atom stereocenters. The summed E-state index contributed by atoms with van der Waals surface area (Å²) in [6.07, 6.45) is 0.103. The number of piperazine rings is 1. The summed E-state index contributed by atoms with van der Waals surface area (Å²) in [6.45, 7) is 2.95. The zero-order chi connectivity index (χ0) is 13.1. The molecular weight excluding hydrogens is 252 g/mol. The summed E-state index contributed by atoms with van der Waals surface area (Å²) in [5.41, 5.74) is 0. The lowest BCUT2D eigenvalue weighted by Crippen LogP contribution is -2.53. The van der Waals surface area contributed by atoms with Gasteiger partial charge in [-0.05, 0) is 0 Å². The van der Waals surface area contributed by atoms with Gasteiger partial charge in [0.05, 0.1) is 32.3 Å². The van der Waals surface area contributed by atoms with Gasteiger partial charge in [-0.1, -0.05) is 5.16 Å². The van der Waals surface area contributed by atoms with E-state index in [1.165, 1.54) is 0 Å². The van der Waals surface area contributed by atoms with Crippen LogP contribution in [0.3, 0.4) is 0 Å². The maximum Gasteiger partial charge on any atom is 0.237 e. The van der Waals surface area contributed by atoms with Gasteiger partial charge in [-0.3, -0.25) is 4.79 Å². The first-order valence-corrected chi connectivity index (χ1v) is 6.36. The number of carbonyl (C=O) groups excluding carboxylic acids is 1. The molecule has 19 heavy (non-hydrogen) atoms. The highest BCUT2D eigenvalue weighted by Gasteiger charge is 2.26. The number of aromatic nitrogens is 2. The summed E-state index contributed by atoms with van der Waals surface area (Å²) >= 11 is 0. The number of amides is 1. The van der Waals surface area contributed by atoms with Crippen LogP contribution in [-0.4, -0.2) is 55.0 Å². The highest BCUT2D eigenvalue weighted by atomic mass is 16.6. The summed E-state index contributed by atoms with van der Waals surface area (Å²) in [4.78, 5) is 15.9. The second-order valence-corrected chi connectivity index (χ2v) is 4.48. The third kappa shape index (κ3) is 2.91. The van der Waals surface area contributed by atoms with Crippen LogP contribution in [0, 0.1) is 0 Å². The molecule has 0 aliphatic carbocycles. The smallest absolute Gasteiger partial charge is 0.237 e. The molecule has 2 unspecified atom stereocenters. The second-order valence-electron chi connectivity index (χ2n) is 4.48. The molecule has 2 fully saturated rings. The zero-order valence-electron chi connectivity index (χ0n) is 10.4. The van der Waals surface area contributed by atoms with Gasteiger partial charge in [0.25, 0.3) is 0 Å². The highest BCUT2D eigenvalue weighted by molar-refractivity contribution is 5.82. The minimum atomic E-state index is -0.314. The summed E-state index contributed by atoms with van der Waals surface area (Å²) < 4.78 is 15.9. The van der Waals surface area contributed by atoms with Crippen molar-refractivity contribution in [1.82, 2.24) is 20.8 Å². The molecule has 0 aromatic carbocycles. The predicted octanol–water partition coefficient (Wildman–Crippen LogP) is -1.21. The summed E-state index contributed by atoms with van der Waals surface area (Å²) in [6, 6.07) is -0.314. The van der Waals surface area contributed by atoms with E-state index in [9.17, 15) is 4.79 Å². The Kier molecular flexibility index (Phi) is 3.72. The Balaban J connectivity index is 1.62. The van der Waals surface area contributed by atoms with Crippen molar-refractivity contribution < 1.29 is 18.8 Å². The first-order valence-electron chi connectivity index (χ1n) is 6.36. The zero-order valence-corrected chi connectivity index (χ0v) is 10.4. The summed E-state index contributed by atoms with van der Waals surface area (Å²) in [5, 5.41) is 9.78. The van der Waals surface area contributed by atoms with Crippen LogP contribution < -0.4 is 10.6 Å². The van der Waals surface area contributed by atoms with Crippen molar-refractivity contribution in [2.45, 2.75) is 18.6 Å². The van der Waals surface area contributed by atoms with Crippen molar-refractivity contribution in [3.05, 3.63) is 11.7 Å². The van der Waals surface area contributed by atoms with Crippen molar-refractivity contribution in [3.63, 3.8) is 0 Å². The molecule has 2 aliphatic rings. The Morgan fingerprint density at radius 3 is 3.05 bits per heavy atom. The van der Waals surface area contributed by atoms with E-state index in [1.807, 2.05) is 0 Å². The number of hydrogen-bond donors (Lipinski definition) is 2. The third-order valence-corrected chi connectivity index (χ3v) is 3.10. The first-order chi connectivity index (χ1) is 9.33. The fourth-order valence-electron chi connectivity index (χ4n) is 2.11. The van der Waals surface area contributed by atoms with E-state index in [-0.39, 0.29) is 18.1 Å². The molecule has 1 amide bonds. The molecular formula is C11H16N4O4. The maximum atomic E-state index is 11.6. The van der Waals surface area contributed by atoms with Gasteiger partial charge in [0.2, 0.25) is 17.6 Å². The van der Waals surface area contributed by atoms with Crippen LogP contribution in [0.4, 0.5) is 0 Å². The second kappa shape index (κ2) is 5.64. The maximum absolute atomic E-state index is 11.6. The van der Waals surface area contributed by atoms with Crippen molar-refractivity contribution >= 4 is 5.91 Å². The van der Waals surface area contributed by atoms with Gasteiger partial charge in [-0.2, -0.15) is 4.98 Å². The van der Waals surface area contributed by atoms with Gasteiger partial charge < -0.3 is 24.6 Å². The van der Waals surface area contributed by atoms with Crippen molar-refractivity contribution in [2.24, 2.45) is 0 Å². The van der Waals surface area contributed by atoms with E-state index in [1.54, 1.807) is 0 Å². The SMILES string of the molecule is O=C1NCCNC1Cc1nc(C2COCCO2)no1. The van der Waals surface area contributed by atoms with Crippen molar-refractivity contribution in [3.8, 4) is 0 Å². The third-order valence-electron chi connectivity index (χ3n) is 3.10. The van der Waals surface area contributed by atoms with Crippen molar-refractivity contribution in [1.29, 1.82) is 0 Å². The van der Waals surface area contributed by atoms with E-state index >= 15 is 0 Å².